The third kappa shape index (κ3) is 1.48. The number of rotatable bonds is 1. The van der Waals surface area contributed by atoms with Gasteiger partial charge >= 0.3 is 0 Å². The van der Waals surface area contributed by atoms with Crippen LogP contribution in [0, 0.1) is 11.8 Å². The van der Waals surface area contributed by atoms with Crippen molar-refractivity contribution < 1.29 is 23.8 Å². The van der Waals surface area contributed by atoms with Crippen LogP contribution in [-0.2, 0) is 14.3 Å². The van der Waals surface area contributed by atoms with E-state index in [2.05, 4.69) is 0 Å². The number of imide groups is 1. The van der Waals surface area contributed by atoms with E-state index in [0.29, 0.717) is 30.4 Å². The first-order valence-electron chi connectivity index (χ1n) is 7.67. The number of fused-ring (bicyclic) bond motifs is 6. The molecule has 4 aliphatic rings. The fourth-order valence-electron chi connectivity index (χ4n) is 4.14. The molecule has 0 spiro atoms. The molecule has 4 aliphatic heterocycles. The number of nitrogens with zero attached hydrogens (tertiary/aromatic N) is 1. The van der Waals surface area contributed by atoms with Gasteiger partial charge in [-0.05, 0) is 25.0 Å². The quantitative estimate of drug-likeness (QED) is 0.727. The minimum absolute atomic E-state index is 0.0892. The average Bonchev–Trinajstić information content (AvgIpc) is 3.21. The van der Waals surface area contributed by atoms with Gasteiger partial charge in [-0.25, -0.2) is 4.90 Å². The molecule has 3 fully saturated rings. The molecule has 4 atom stereocenters. The Labute approximate surface area is 126 Å². The van der Waals surface area contributed by atoms with Crippen molar-refractivity contribution in [3.8, 4) is 11.5 Å². The Morgan fingerprint density at radius 1 is 0.909 bits per heavy atom. The Kier molecular flexibility index (Phi) is 2.39. The van der Waals surface area contributed by atoms with Gasteiger partial charge in [-0.1, -0.05) is 0 Å². The first kappa shape index (κ1) is 12.5. The summed E-state index contributed by atoms with van der Waals surface area (Å²) >= 11 is 0. The summed E-state index contributed by atoms with van der Waals surface area (Å²) in [4.78, 5) is 26.7. The maximum absolute atomic E-state index is 12.7. The molecule has 1 aromatic carbocycles. The molecule has 114 valence electrons. The lowest BCUT2D eigenvalue weighted by molar-refractivity contribution is -0.124. The van der Waals surface area contributed by atoms with Crippen LogP contribution in [-0.4, -0.2) is 37.2 Å². The van der Waals surface area contributed by atoms with Crippen molar-refractivity contribution in [3.05, 3.63) is 18.2 Å². The summed E-state index contributed by atoms with van der Waals surface area (Å²) in [6.07, 6.45) is 1.57. The van der Waals surface area contributed by atoms with Crippen LogP contribution < -0.4 is 14.4 Å². The van der Waals surface area contributed by atoms with E-state index in [4.69, 9.17) is 14.2 Å². The average molecular weight is 301 g/mol. The first-order valence-corrected chi connectivity index (χ1v) is 7.67. The zero-order valence-electron chi connectivity index (χ0n) is 11.9. The van der Waals surface area contributed by atoms with Crippen LogP contribution in [0.15, 0.2) is 18.2 Å². The second-order valence-corrected chi connectivity index (χ2v) is 6.18. The number of benzene rings is 1. The monoisotopic (exact) mass is 301 g/mol. The minimum atomic E-state index is -0.306. The van der Waals surface area contributed by atoms with E-state index in [-0.39, 0.29) is 35.9 Å². The molecule has 0 saturated carbocycles. The normalized spacial score (nSPS) is 35.2. The lowest BCUT2D eigenvalue weighted by Crippen LogP contribution is -2.34. The topological polar surface area (TPSA) is 65.1 Å². The SMILES string of the molecule is O=C1C2C3CCC(O3)C2C(=O)N1c1ccc2c(c1)OCCO2. The van der Waals surface area contributed by atoms with Crippen molar-refractivity contribution in [3.63, 3.8) is 0 Å². The third-order valence-electron chi connectivity index (χ3n) is 5.07. The molecule has 0 aromatic heterocycles. The van der Waals surface area contributed by atoms with Crippen LogP contribution in [0.4, 0.5) is 5.69 Å². The smallest absolute Gasteiger partial charge is 0.240 e. The number of carbonyl (C=O) groups is 2. The van der Waals surface area contributed by atoms with Gasteiger partial charge < -0.3 is 14.2 Å². The van der Waals surface area contributed by atoms with E-state index in [1.165, 1.54) is 4.90 Å². The summed E-state index contributed by atoms with van der Waals surface area (Å²) in [6, 6.07) is 5.21. The van der Waals surface area contributed by atoms with Gasteiger partial charge in [-0.2, -0.15) is 0 Å². The molecule has 0 aliphatic carbocycles. The number of carbonyl (C=O) groups excluding carboxylic acids is 2. The van der Waals surface area contributed by atoms with Crippen molar-refractivity contribution in [1.29, 1.82) is 0 Å². The Morgan fingerprint density at radius 2 is 1.55 bits per heavy atom. The fraction of sp³-hybridized carbons (Fsp3) is 0.500. The van der Waals surface area contributed by atoms with Crippen LogP contribution in [0.5, 0.6) is 11.5 Å². The molecule has 0 N–H and O–H groups in total. The molecule has 2 bridgehead atoms. The zero-order valence-corrected chi connectivity index (χ0v) is 11.9. The molecule has 0 radical (unpaired) electrons. The second-order valence-electron chi connectivity index (χ2n) is 6.18. The zero-order chi connectivity index (χ0) is 14.8. The summed E-state index contributed by atoms with van der Waals surface area (Å²) < 4.78 is 16.8. The van der Waals surface area contributed by atoms with Crippen LogP contribution in [0.1, 0.15) is 12.8 Å². The highest BCUT2D eigenvalue weighted by atomic mass is 16.6. The van der Waals surface area contributed by atoms with Crippen molar-refractivity contribution in [2.24, 2.45) is 11.8 Å². The minimum Gasteiger partial charge on any atom is -0.486 e. The van der Waals surface area contributed by atoms with Crippen LogP contribution in [0.2, 0.25) is 0 Å². The van der Waals surface area contributed by atoms with Crippen molar-refractivity contribution in [2.75, 3.05) is 18.1 Å². The lowest BCUT2D eigenvalue weighted by Gasteiger charge is -2.22. The number of amides is 2. The predicted molar refractivity (Wildman–Crippen MR) is 74.8 cm³/mol. The molecule has 22 heavy (non-hydrogen) atoms. The standard InChI is InChI=1S/C16H15NO5/c18-15-13-10-3-4-11(22-10)14(13)16(19)17(15)8-1-2-9-12(7-8)21-6-5-20-9/h1-2,7,10-11,13-14H,3-6H2. The number of anilines is 1. The van der Waals surface area contributed by atoms with E-state index in [0.717, 1.165) is 12.8 Å². The van der Waals surface area contributed by atoms with Gasteiger partial charge in [0, 0.05) is 6.07 Å². The molecule has 4 heterocycles. The summed E-state index contributed by atoms with van der Waals surface area (Å²) in [5, 5.41) is 0. The highest BCUT2D eigenvalue weighted by molar-refractivity contribution is 6.22. The van der Waals surface area contributed by atoms with E-state index in [1.54, 1.807) is 18.2 Å². The Hall–Kier alpha value is -2.08. The van der Waals surface area contributed by atoms with Gasteiger partial charge in [0.05, 0.1) is 29.7 Å². The number of hydrogen-bond donors (Lipinski definition) is 0. The van der Waals surface area contributed by atoms with Crippen molar-refractivity contribution in [2.45, 2.75) is 25.0 Å². The Morgan fingerprint density at radius 3 is 2.23 bits per heavy atom. The van der Waals surface area contributed by atoms with E-state index >= 15 is 0 Å². The molecule has 2 amide bonds. The van der Waals surface area contributed by atoms with Crippen LogP contribution >= 0.6 is 0 Å². The van der Waals surface area contributed by atoms with E-state index in [9.17, 15) is 9.59 Å². The van der Waals surface area contributed by atoms with Gasteiger partial charge in [-0.3, -0.25) is 9.59 Å². The molecule has 5 rings (SSSR count). The molecule has 4 unspecified atom stereocenters. The van der Waals surface area contributed by atoms with E-state index < -0.39 is 0 Å². The van der Waals surface area contributed by atoms with Gasteiger partial charge in [-0.15, -0.1) is 0 Å². The second kappa shape index (κ2) is 4.23. The lowest BCUT2D eigenvalue weighted by atomic mass is 9.81. The molecule has 6 heteroatoms. The molecular formula is C16H15NO5. The summed E-state index contributed by atoms with van der Waals surface area (Å²) in [5.41, 5.74) is 0.563. The summed E-state index contributed by atoms with van der Waals surface area (Å²) in [7, 11) is 0. The van der Waals surface area contributed by atoms with Crippen LogP contribution in [0.3, 0.4) is 0 Å². The summed E-state index contributed by atoms with van der Waals surface area (Å²) in [6.45, 7) is 0.986. The third-order valence-corrected chi connectivity index (χ3v) is 5.07. The van der Waals surface area contributed by atoms with E-state index in [1.807, 2.05) is 0 Å². The van der Waals surface area contributed by atoms with Crippen molar-refractivity contribution >= 4 is 17.5 Å². The predicted octanol–water partition coefficient (Wildman–Crippen LogP) is 1.12. The highest BCUT2D eigenvalue weighted by Crippen LogP contribution is 2.49. The molecular weight excluding hydrogens is 286 g/mol. The molecule has 6 nitrogen and oxygen atoms in total. The Balaban J connectivity index is 1.53. The van der Waals surface area contributed by atoms with Gasteiger partial charge in [0.2, 0.25) is 11.8 Å². The maximum atomic E-state index is 12.7. The highest BCUT2D eigenvalue weighted by Gasteiger charge is 2.62. The maximum Gasteiger partial charge on any atom is 0.240 e. The van der Waals surface area contributed by atoms with Gasteiger partial charge in [0.1, 0.15) is 13.2 Å². The van der Waals surface area contributed by atoms with Crippen molar-refractivity contribution in [1.82, 2.24) is 0 Å². The van der Waals surface area contributed by atoms with Gasteiger partial charge in [0.15, 0.2) is 11.5 Å². The van der Waals surface area contributed by atoms with Crippen LogP contribution in [0.25, 0.3) is 0 Å². The fourth-order valence-corrected chi connectivity index (χ4v) is 4.14. The Bertz CT molecular complexity index is 659. The molecule has 3 saturated heterocycles. The molecule has 1 aromatic rings. The number of hydrogen-bond acceptors (Lipinski definition) is 5. The largest absolute Gasteiger partial charge is 0.486 e. The first-order chi connectivity index (χ1) is 10.7. The summed E-state index contributed by atoms with van der Waals surface area (Å²) in [5.74, 6) is 0.343. The van der Waals surface area contributed by atoms with Gasteiger partial charge in [0.25, 0.3) is 0 Å². The number of ether oxygens (including phenoxy) is 3.